The molecular weight excluding hydrogens is 302 g/mol. The highest BCUT2D eigenvalue weighted by Gasteiger charge is 2.12. The molecule has 3 rings (SSSR count). The van der Waals surface area contributed by atoms with E-state index in [1.165, 1.54) is 5.56 Å². The average molecular weight is 316 g/mol. The zero-order valence-electron chi connectivity index (χ0n) is 10.6. The molecule has 0 spiro atoms. The molecule has 2 aromatic carbocycles. The van der Waals surface area contributed by atoms with Crippen molar-refractivity contribution >= 4 is 32.9 Å². The maximum absolute atomic E-state index is 6.10. The molecule has 0 amide bonds. The topological polar surface area (TPSA) is 43.8 Å². The van der Waals surface area contributed by atoms with Crippen molar-refractivity contribution in [2.24, 2.45) is 0 Å². The molecule has 1 heterocycles. The first kappa shape index (κ1) is 12.2. The first-order valence-electron chi connectivity index (χ1n) is 6.22. The summed E-state index contributed by atoms with van der Waals surface area (Å²) in [6.45, 7) is 2.14. The second kappa shape index (κ2) is 4.70. The van der Waals surface area contributed by atoms with Crippen molar-refractivity contribution in [3.8, 4) is 5.69 Å². The Bertz CT molecular complexity index is 746. The van der Waals surface area contributed by atoms with Crippen molar-refractivity contribution in [3.05, 3.63) is 52.5 Å². The number of hydrogen-bond donors (Lipinski definition) is 1. The number of benzene rings is 2. The molecule has 2 N–H and O–H groups in total. The molecule has 96 valence electrons. The Morgan fingerprint density at radius 1 is 1.21 bits per heavy atom. The van der Waals surface area contributed by atoms with Gasteiger partial charge in [-0.3, -0.25) is 4.57 Å². The van der Waals surface area contributed by atoms with E-state index in [1.807, 2.05) is 34.9 Å². The number of nitrogens with two attached hydrogens (primary N) is 1. The van der Waals surface area contributed by atoms with Gasteiger partial charge in [0.2, 0.25) is 5.95 Å². The highest BCUT2D eigenvalue weighted by molar-refractivity contribution is 9.10. The van der Waals surface area contributed by atoms with Gasteiger partial charge in [-0.2, -0.15) is 0 Å². The lowest BCUT2D eigenvalue weighted by Crippen LogP contribution is -2.03. The molecule has 0 saturated carbocycles. The molecule has 19 heavy (non-hydrogen) atoms. The van der Waals surface area contributed by atoms with E-state index in [0.29, 0.717) is 5.95 Å². The molecule has 0 saturated heterocycles. The summed E-state index contributed by atoms with van der Waals surface area (Å²) in [7, 11) is 0. The molecule has 0 bridgehead atoms. The molecule has 0 aliphatic rings. The fourth-order valence-electron chi connectivity index (χ4n) is 2.35. The highest BCUT2D eigenvalue weighted by atomic mass is 79.9. The predicted octanol–water partition coefficient (Wildman–Crippen LogP) is 3.93. The van der Waals surface area contributed by atoms with Gasteiger partial charge in [0.1, 0.15) is 0 Å². The molecule has 0 unspecified atom stereocenters. The third-order valence-corrected chi connectivity index (χ3v) is 3.75. The zero-order valence-corrected chi connectivity index (χ0v) is 12.2. The summed E-state index contributed by atoms with van der Waals surface area (Å²) >= 11 is 3.46. The summed E-state index contributed by atoms with van der Waals surface area (Å²) in [6.07, 6.45) is 0.964. The monoisotopic (exact) mass is 315 g/mol. The number of nitrogens with zero attached hydrogens (tertiary/aromatic N) is 2. The number of anilines is 1. The maximum atomic E-state index is 6.10. The minimum Gasteiger partial charge on any atom is -0.369 e. The third kappa shape index (κ3) is 2.02. The number of hydrogen-bond acceptors (Lipinski definition) is 2. The van der Waals surface area contributed by atoms with Crippen LogP contribution in [0.15, 0.2) is 46.9 Å². The van der Waals surface area contributed by atoms with E-state index >= 15 is 0 Å². The Labute approximate surface area is 120 Å². The third-order valence-electron chi connectivity index (χ3n) is 3.26. The summed E-state index contributed by atoms with van der Waals surface area (Å²) < 4.78 is 3.02. The fourth-order valence-corrected chi connectivity index (χ4v) is 2.70. The average Bonchev–Trinajstić information content (AvgIpc) is 2.73. The first-order valence-corrected chi connectivity index (χ1v) is 7.01. The van der Waals surface area contributed by atoms with Gasteiger partial charge < -0.3 is 5.73 Å². The van der Waals surface area contributed by atoms with E-state index in [0.717, 1.165) is 27.6 Å². The summed E-state index contributed by atoms with van der Waals surface area (Å²) in [5.74, 6) is 0.522. The van der Waals surface area contributed by atoms with E-state index < -0.39 is 0 Å². The van der Waals surface area contributed by atoms with Crippen LogP contribution in [-0.2, 0) is 6.42 Å². The molecule has 0 aliphatic heterocycles. The Morgan fingerprint density at radius 3 is 2.79 bits per heavy atom. The zero-order chi connectivity index (χ0) is 13.4. The van der Waals surface area contributed by atoms with Crippen molar-refractivity contribution in [3.63, 3.8) is 0 Å². The molecular formula is C15H14BrN3. The largest absolute Gasteiger partial charge is 0.369 e. The predicted molar refractivity (Wildman–Crippen MR) is 82.6 cm³/mol. The van der Waals surface area contributed by atoms with Gasteiger partial charge in [-0.1, -0.05) is 41.1 Å². The fraction of sp³-hybridized carbons (Fsp3) is 0.133. The molecule has 0 aliphatic carbocycles. The van der Waals surface area contributed by atoms with Crippen molar-refractivity contribution in [1.82, 2.24) is 9.55 Å². The number of fused-ring (bicyclic) bond motifs is 1. The SMILES string of the molecule is CCc1ccccc1-n1c(N)nc2cc(Br)ccc21. The lowest BCUT2D eigenvalue weighted by Gasteiger charge is -2.11. The summed E-state index contributed by atoms with van der Waals surface area (Å²) in [5, 5.41) is 0. The van der Waals surface area contributed by atoms with Crippen LogP contribution in [0.2, 0.25) is 0 Å². The number of aromatic nitrogens is 2. The van der Waals surface area contributed by atoms with Gasteiger partial charge in [0, 0.05) is 4.47 Å². The quantitative estimate of drug-likeness (QED) is 0.778. The Hall–Kier alpha value is -1.81. The number of rotatable bonds is 2. The number of para-hydroxylation sites is 1. The first-order chi connectivity index (χ1) is 9.20. The van der Waals surface area contributed by atoms with Crippen LogP contribution < -0.4 is 5.73 Å². The lowest BCUT2D eigenvalue weighted by molar-refractivity contribution is 1.04. The van der Waals surface area contributed by atoms with Crippen LogP contribution in [0.1, 0.15) is 12.5 Å². The molecule has 4 heteroatoms. The summed E-state index contributed by atoms with van der Waals surface area (Å²) in [6, 6.07) is 14.3. The van der Waals surface area contributed by atoms with Gasteiger partial charge in [0.25, 0.3) is 0 Å². The van der Waals surface area contributed by atoms with Crippen molar-refractivity contribution in [2.75, 3.05) is 5.73 Å². The minimum absolute atomic E-state index is 0.522. The maximum Gasteiger partial charge on any atom is 0.205 e. The lowest BCUT2D eigenvalue weighted by atomic mass is 10.1. The van der Waals surface area contributed by atoms with Gasteiger partial charge in [-0.05, 0) is 36.2 Å². The molecule has 0 radical (unpaired) electrons. The molecule has 0 fully saturated rings. The molecule has 0 atom stereocenters. The Morgan fingerprint density at radius 2 is 2.00 bits per heavy atom. The Kier molecular flexibility index (Phi) is 3.03. The summed E-state index contributed by atoms with van der Waals surface area (Å²) in [5.41, 5.74) is 10.4. The van der Waals surface area contributed by atoms with Gasteiger partial charge in [-0.15, -0.1) is 0 Å². The molecule has 3 nitrogen and oxygen atoms in total. The van der Waals surface area contributed by atoms with E-state index in [4.69, 9.17) is 5.73 Å². The standard InChI is InChI=1S/C15H14BrN3/c1-2-10-5-3-4-6-13(10)19-14-8-7-11(16)9-12(14)18-15(19)17/h3-9H,2H2,1H3,(H2,17,18). The van der Waals surface area contributed by atoms with E-state index in [2.05, 4.69) is 40.0 Å². The normalized spacial score (nSPS) is 11.1. The van der Waals surface area contributed by atoms with Gasteiger partial charge in [0.15, 0.2) is 0 Å². The van der Waals surface area contributed by atoms with Crippen molar-refractivity contribution < 1.29 is 0 Å². The van der Waals surface area contributed by atoms with E-state index in [9.17, 15) is 0 Å². The smallest absolute Gasteiger partial charge is 0.205 e. The van der Waals surface area contributed by atoms with Crippen LogP contribution in [0.5, 0.6) is 0 Å². The highest BCUT2D eigenvalue weighted by Crippen LogP contribution is 2.27. The van der Waals surface area contributed by atoms with Gasteiger partial charge in [-0.25, -0.2) is 4.98 Å². The molecule has 1 aromatic heterocycles. The van der Waals surface area contributed by atoms with Crippen LogP contribution in [0, 0.1) is 0 Å². The van der Waals surface area contributed by atoms with Crippen LogP contribution in [0.3, 0.4) is 0 Å². The number of nitrogen functional groups attached to an aromatic ring is 1. The Balaban J connectivity index is 2.33. The second-order valence-electron chi connectivity index (χ2n) is 4.42. The molecule has 3 aromatic rings. The van der Waals surface area contributed by atoms with E-state index in [-0.39, 0.29) is 0 Å². The number of halogens is 1. The minimum atomic E-state index is 0.522. The van der Waals surface area contributed by atoms with Gasteiger partial charge in [0.05, 0.1) is 16.7 Å². The van der Waals surface area contributed by atoms with Crippen molar-refractivity contribution in [2.45, 2.75) is 13.3 Å². The van der Waals surface area contributed by atoms with Crippen molar-refractivity contribution in [1.29, 1.82) is 0 Å². The van der Waals surface area contributed by atoms with Crippen LogP contribution in [0.25, 0.3) is 16.7 Å². The second-order valence-corrected chi connectivity index (χ2v) is 5.34. The summed E-state index contributed by atoms with van der Waals surface area (Å²) in [4.78, 5) is 4.44. The van der Waals surface area contributed by atoms with Crippen LogP contribution >= 0.6 is 15.9 Å². The number of aryl methyl sites for hydroxylation is 1. The van der Waals surface area contributed by atoms with Crippen LogP contribution in [-0.4, -0.2) is 9.55 Å². The number of imidazole rings is 1. The van der Waals surface area contributed by atoms with E-state index in [1.54, 1.807) is 0 Å². The van der Waals surface area contributed by atoms with Crippen LogP contribution in [0.4, 0.5) is 5.95 Å². The van der Waals surface area contributed by atoms with Gasteiger partial charge >= 0.3 is 0 Å².